The molecule has 2 atom stereocenters. The summed E-state index contributed by atoms with van der Waals surface area (Å²) in [6.45, 7) is 4.98. The van der Waals surface area contributed by atoms with E-state index >= 15 is 0 Å². The maximum Gasteiger partial charge on any atom is 0.233 e. The number of amides is 1. The fourth-order valence-electron chi connectivity index (χ4n) is 3.47. The van der Waals surface area contributed by atoms with E-state index in [1.54, 1.807) is 10.9 Å². The summed E-state index contributed by atoms with van der Waals surface area (Å²) in [7, 11) is 0. The van der Waals surface area contributed by atoms with Gasteiger partial charge in [-0.05, 0) is 39.7 Å². The van der Waals surface area contributed by atoms with E-state index in [1.807, 2.05) is 13.8 Å². The number of hydrogen-bond donors (Lipinski definition) is 2. The van der Waals surface area contributed by atoms with Gasteiger partial charge < -0.3 is 10.6 Å². The molecule has 1 amide bonds. The highest BCUT2D eigenvalue weighted by Gasteiger charge is 2.51. The number of anilines is 1. The van der Waals surface area contributed by atoms with E-state index < -0.39 is 0 Å². The molecular weight excluding hydrogens is 276 g/mol. The first-order chi connectivity index (χ1) is 9.53. The van der Waals surface area contributed by atoms with E-state index in [2.05, 4.69) is 15.7 Å². The quantitative estimate of drug-likeness (QED) is 0.901. The van der Waals surface area contributed by atoms with Crippen LogP contribution in [0.3, 0.4) is 0 Å². The van der Waals surface area contributed by atoms with Gasteiger partial charge in [-0.1, -0.05) is 18.0 Å². The van der Waals surface area contributed by atoms with E-state index in [0.29, 0.717) is 16.9 Å². The Kier molecular flexibility index (Phi) is 3.50. The van der Waals surface area contributed by atoms with Crippen molar-refractivity contribution in [2.45, 2.75) is 51.6 Å². The summed E-state index contributed by atoms with van der Waals surface area (Å²) in [6, 6.07) is 0.539. The lowest BCUT2D eigenvalue weighted by Gasteiger charge is -2.26. The van der Waals surface area contributed by atoms with Crippen molar-refractivity contribution in [3.63, 3.8) is 0 Å². The van der Waals surface area contributed by atoms with Gasteiger partial charge in [-0.2, -0.15) is 5.10 Å². The molecule has 2 N–H and O–H groups in total. The molecule has 2 fully saturated rings. The molecule has 1 aliphatic heterocycles. The van der Waals surface area contributed by atoms with Crippen LogP contribution in [0.5, 0.6) is 0 Å². The van der Waals surface area contributed by atoms with Gasteiger partial charge in [-0.3, -0.25) is 9.48 Å². The van der Waals surface area contributed by atoms with Gasteiger partial charge in [0.05, 0.1) is 5.41 Å². The molecule has 110 valence electrons. The van der Waals surface area contributed by atoms with Gasteiger partial charge in [0.15, 0.2) is 5.82 Å². The Hall–Kier alpha value is -1.07. The fourth-order valence-corrected chi connectivity index (χ4v) is 3.66. The molecule has 1 saturated heterocycles. The summed E-state index contributed by atoms with van der Waals surface area (Å²) in [5.41, 5.74) is -0.259. The molecule has 0 spiro atoms. The Morgan fingerprint density at radius 1 is 1.60 bits per heavy atom. The highest BCUT2D eigenvalue weighted by molar-refractivity contribution is 6.33. The Bertz CT molecular complexity index is 515. The van der Waals surface area contributed by atoms with Crippen LogP contribution in [-0.2, 0) is 4.79 Å². The lowest BCUT2D eigenvalue weighted by atomic mass is 9.81. The number of halogens is 1. The first-order valence-corrected chi connectivity index (χ1v) is 7.70. The normalized spacial score (nSPS) is 28.9. The number of nitrogens with zero attached hydrogens (tertiary/aromatic N) is 2. The van der Waals surface area contributed by atoms with Gasteiger partial charge in [0, 0.05) is 18.3 Å². The number of hydrogen-bond acceptors (Lipinski definition) is 3. The van der Waals surface area contributed by atoms with Crippen molar-refractivity contribution < 1.29 is 4.79 Å². The molecule has 0 unspecified atom stereocenters. The van der Waals surface area contributed by atoms with Crippen LogP contribution in [0, 0.1) is 5.41 Å². The molecule has 3 rings (SSSR count). The van der Waals surface area contributed by atoms with Crippen molar-refractivity contribution in [2.24, 2.45) is 5.41 Å². The van der Waals surface area contributed by atoms with Crippen LogP contribution in [-0.4, -0.2) is 28.3 Å². The summed E-state index contributed by atoms with van der Waals surface area (Å²) < 4.78 is 1.77. The average molecular weight is 297 g/mol. The number of fused-ring (bicyclic) bond motifs is 1. The lowest BCUT2D eigenvalue weighted by molar-refractivity contribution is -0.125. The largest absolute Gasteiger partial charge is 0.313 e. The van der Waals surface area contributed by atoms with Crippen LogP contribution in [0.25, 0.3) is 0 Å². The Morgan fingerprint density at radius 3 is 3.10 bits per heavy atom. The zero-order chi connectivity index (χ0) is 14.3. The second kappa shape index (κ2) is 5.04. The van der Waals surface area contributed by atoms with E-state index in [9.17, 15) is 4.79 Å². The molecule has 2 aliphatic rings. The maximum absolute atomic E-state index is 12.7. The van der Waals surface area contributed by atoms with E-state index in [0.717, 1.165) is 32.2 Å². The molecular formula is C14H21ClN4O. The van der Waals surface area contributed by atoms with Crippen LogP contribution in [0.2, 0.25) is 5.02 Å². The molecule has 1 aromatic rings. The van der Waals surface area contributed by atoms with E-state index in [1.165, 1.54) is 0 Å². The van der Waals surface area contributed by atoms with Crippen molar-refractivity contribution in [3.8, 4) is 0 Å². The van der Waals surface area contributed by atoms with Gasteiger partial charge in [0.2, 0.25) is 5.91 Å². The van der Waals surface area contributed by atoms with Crippen LogP contribution >= 0.6 is 11.6 Å². The highest BCUT2D eigenvalue weighted by Crippen LogP contribution is 2.45. The molecule has 0 aromatic carbocycles. The number of carbonyl (C=O) groups is 1. The minimum absolute atomic E-state index is 0.0703. The topological polar surface area (TPSA) is 59.0 Å². The molecule has 0 radical (unpaired) electrons. The Balaban J connectivity index is 1.79. The smallest absolute Gasteiger partial charge is 0.233 e. The minimum Gasteiger partial charge on any atom is -0.313 e. The third kappa shape index (κ3) is 2.13. The fraction of sp³-hybridized carbons (Fsp3) is 0.714. The predicted molar refractivity (Wildman–Crippen MR) is 78.9 cm³/mol. The summed E-state index contributed by atoms with van der Waals surface area (Å²) in [5.74, 6) is 0.554. The monoisotopic (exact) mass is 296 g/mol. The number of nitrogens with one attached hydrogen (secondary N) is 2. The third-order valence-corrected chi connectivity index (χ3v) is 4.92. The Labute approximate surface area is 124 Å². The first kappa shape index (κ1) is 13.9. The first-order valence-electron chi connectivity index (χ1n) is 7.32. The number of aromatic nitrogens is 2. The molecule has 6 heteroatoms. The lowest BCUT2D eigenvalue weighted by Crippen LogP contribution is -2.42. The third-order valence-electron chi connectivity index (χ3n) is 4.65. The number of carbonyl (C=O) groups excluding carboxylic acids is 1. The molecule has 1 aromatic heterocycles. The minimum atomic E-state index is -0.259. The zero-order valence-electron chi connectivity index (χ0n) is 11.9. The van der Waals surface area contributed by atoms with Crippen LogP contribution in [0.1, 0.15) is 45.6 Å². The summed E-state index contributed by atoms with van der Waals surface area (Å²) in [5, 5.41) is 11.3. The highest BCUT2D eigenvalue weighted by atomic mass is 35.5. The van der Waals surface area contributed by atoms with Crippen molar-refractivity contribution >= 4 is 23.3 Å². The molecule has 5 nitrogen and oxygen atoms in total. The van der Waals surface area contributed by atoms with Crippen LogP contribution in [0.4, 0.5) is 5.82 Å². The maximum atomic E-state index is 12.7. The Morgan fingerprint density at radius 2 is 2.40 bits per heavy atom. The van der Waals surface area contributed by atoms with E-state index in [4.69, 9.17) is 11.6 Å². The van der Waals surface area contributed by atoms with Crippen molar-refractivity contribution in [1.29, 1.82) is 0 Å². The van der Waals surface area contributed by atoms with Gasteiger partial charge in [0.1, 0.15) is 5.02 Å². The molecule has 1 aliphatic carbocycles. The molecule has 1 saturated carbocycles. The molecule has 2 heterocycles. The van der Waals surface area contributed by atoms with Crippen molar-refractivity contribution in [2.75, 3.05) is 11.9 Å². The zero-order valence-corrected chi connectivity index (χ0v) is 12.7. The second-order valence-corrected chi connectivity index (χ2v) is 6.57. The van der Waals surface area contributed by atoms with Gasteiger partial charge in [-0.25, -0.2) is 0 Å². The summed E-state index contributed by atoms with van der Waals surface area (Å²) in [6.07, 6.45) is 5.82. The number of rotatable bonds is 3. The van der Waals surface area contributed by atoms with Crippen molar-refractivity contribution in [3.05, 3.63) is 11.2 Å². The van der Waals surface area contributed by atoms with Gasteiger partial charge in [0.25, 0.3) is 0 Å². The van der Waals surface area contributed by atoms with Crippen molar-refractivity contribution in [1.82, 2.24) is 15.1 Å². The molecule has 0 bridgehead atoms. The van der Waals surface area contributed by atoms with Gasteiger partial charge in [-0.15, -0.1) is 0 Å². The van der Waals surface area contributed by atoms with Crippen LogP contribution < -0.4 is 10.6 Å². The molecule has 20 heavy (non-hydrogen) atoms. The second-order valence-electron chi connectivity index (χ2n) is 6.16. The van der Waals surface area contributed by atoms with Gasteiger partial charge >= 0.3 is 0 Å². The SMILES string of the molecule is CC(C)n1cc(Cl)c(NC(=O)[C@]23CCC[C@H]2NCC3)n1. The summed E-state index contributed by atoms with van der Waals surface area (Å²) in [4.78, 5) is 12.7. The van der Waals surface area contributed by atoms with Crippen LogP contribution in [0.15, 0.2) is 6.20 Å². The van der Waals surface area contributed by atoms with E-state index in [-0.39, 0.29) is 17.4 Å². The predicted octanol–water partition coefficient (Wildman–Crippen LogP) is 2.59. The summed E-state index contributed by atoms with van der Waals surface area (Å²) >= 11 is 6.17. The average Bonchev–Trinajstić information content (AvgIpc) is 3.03. The standard InChI is InChI=1S/C14H21ClN4O/c1-9(2)19-8-10(15)12(18-19)17-13(20)14-5-3-4-11(14)16-7-6-14/h8-9,11,16H,3-7H2,1-2H3,(H,17,18,20)/t11-,14+/m1/s1.